The zero-order valence-corrected chi connectivity index (χ0v) is 18.5. The predicted molar refractivity (Wildman–Crippen MR) is 105 cm³/mol. The molecule has 4 fully saturated rings. The first-order chi connectivity index (χ1) is 15.0. The zero-order valence-electron chi connectivity index (χ0n) is 18.5. The lowest BCUT2D eigenvalue weighted by atomic mass is 9.93. The number of hydrogen-bond acceptors (Lipinski definition) is 10. The van der Waals surface area contributed by atoms with Gasteiger partial charge in [-0.05, 0) is 26.7 Å². The van der Waals surface area contributed by atoms with Gasteiger partial charge in [-0.15, -0.1) is 0 Å². The van der Waals surface area contributed by atoms with Crippen molar-refractivity contribution in [3.8, 4) is 0 Å². The van der Waals surface area contributed by atoms with Crippen LogP contribution in [0.1, 0.15) is 39.5 Å². The van der Waals surface area contributed by atoms with Gasteiger partial charge in [-0.1, -0.05) is 0 Å². The zero-order chi connectivity index (χ0) is 24.6. The van der Waals surface area contributed by atoms with Crippen LogP contribution in [0.2, 0.25) is 0 Å². The molecular formula is C20H38N2O10. The van der Waals surface area contributed by atoms with E-state index in [4.69, 9.17) is 19.8 Å². The summed E-state index contributed by atoms with van der Waals surface area (Å²) in [7, 11) is 0. The van der Waals surface area contributed by atoms with Crippen molar-refractivity contribution in [1.82, 2.24) is 0 Å². The molecule has 0 amide bonds. The summed E-state index contributed by atoms with van der Waals surface area (Å²) in [6.45, 7) is 4.37. The second-order valence-electron chi connectivity index (χ2n) is 9.01. The fourth-order valence-electron chi connectivity index (χ4n) is 5.49. The number of fused-ring (bicyclic) bond motifs is 2. The Morgan fingerprint density at radius 1 is 0.625 bits per heavy atom. The Morgan fingerprint density at radius 2 is 0.906 bits per heavy atom. The molecule has 32 heavy (non-hydrogen) atoms. The Hall–Kier alpha value is -1.38. The molecule has 8 N–H and O–H groups in total. The number of carbonyl (C=O) groups excluding carboxylic acids is 2. The van der Waals surface area contributed by atoms with Gasteiger partial charge in [-0.25, -0.2) is 0 Å². The number of carbonyl (C=O) groups is 2. The highest BCUT2D eigenvalue weighted by atomic mass is 16.4. The number of quaternary nitrogens is 2. The van der Waals surface area contributed by atoms with Gasteiger partial charge in [-0.3, -0.25) is 0 Å². The standard InChI is InChI=1S/2C9H17NO3.2CH2O2/c2*1-5-2-3-6(11)8-9(13)7(12)4-10(5)8;2*2-1-3/h2*5-9,11-13H,2-4H2,1H3;2*1H,(H,2,3)/t5?,6?,7-,8+,9?;5-,6+,7-,8+,9-;;/m01../s1. The van der Waals surface area contributed by atoms with Gasteiger partial charge in [0.1, 0.15) is 61.8 Å². The van der Waals surface area contributed by atoms with Crippen LogP contribution < -0.4 is 20.0 Å². The highest BCUT2D eigenvalue weighted by molar-refractivity contribution is 5.29. The van der Waals surface area contributed by atoms with E-state index in [2.05, 4.69) is 13.8 Å². The fraction of sp³-hybridized carbons (Fsp3) is 0.900. The summed E-state index contributed by atoms with van der Waals surface area (Å²) < 4.78 is 0. The van der Waals surface area contributed by atoms with E-state index in [1.807, 2.05) is 0 Å². The topological polar surface area (TPSA) is 211 Å². The second-order valence-corrected chi connectivity index (χ2v) is 9.01. The molecule has 0 bridgehead atoms. The van der Waals surface area contributed by atoms with E-state index in [0.29, 0.717) is 25.2 Å². The monoisotopic (exact) mass is 466 g/mol. The van der Waals surface area contributed by atoms with E-state index in [0.717, 1.165) is 25.7 Å². The maximum Gasteiger partial charge on any atom is 0.143 e. The lowest BCUT2D eigenvalue weighted by molar-refractivity contribution is -0.947. The van der Waals surface area contributed by atoms with Crippen molar-refractivity contribution >= 4 is 12.9 Å². The number of piperidine rings is 2. The van der Waals surface area contributed by atoms with Crippen LogP contribution in [0.25, 0.3) is 0 Å². The summed E-state index contributed by atoms with van der Waals surface area (Å²) in [5, 5.41) is 74.2. The molecule has 0 spiro atoms. The molecule has 12 atom stereocenters. The summed E-state index contributed by atoms with van der Waals surface area (Å²) >= 11 is 0. The van der Waals surface area contributed by atoms with E-state index >= 15 is 0 Å². The molecule has 0 radical (unpaired) electrons. The van der Waals surface area contributed by atoms with Gasteiger partial charge in [0, 0.05) is 25.8 Å². The summed E-state index contributed by atoms with van der Waals surface area (Å²) in [4.78, 5) is 18.8. The van der Waals surface area contributed by atoms with Crippen molar-refractivity contribution < 1.29 is 60.2 Å². The van der Waals surface area contributed by atoms with Crippen LogP contribution in [0.15, 0.2) is 0 Å². The number of aliphatic hydroxyl groups is 6. The molecule has 5 unspecified atom stereocenters. The van der Waals surface area contributed by atoms with Crippen LogP contribution in [0.5, 0.6) is 0 Å². The van der Waals surface area contributed by atoms with E-state index in [9.17, 15) is 30.6 Å². The lowest BCUT2D eigenvalue weighted by Crippen LogP contribution is -3.20. The minimum absolute atomic E-state index is 0.168. The van der Waals surface area contributed by atoms with Crippen LogP contribution in [0, 0.1) is 0 Å². The summed E-state index contributed by atoms with van der Waals surface area (Å²) in [5.74, 6) is 0. The third-order valence-corrected chi connectivity index (χ3v) is 7.16. The summed E-state index contributed by atoms with van der Waals surface area (Å²) in [6.07, 6.45) is -0.237. The molecule has 0 aromatic carbocycles. The fourth-order valence-corrected chi connectivity index (χ4v) is 5.49. The molecule has 4 aliphatic rings. The maximum atomic E-state index is 9.69. The van der Waals surface area contributed by atoms with E-state index in [-0.39, 0.29) is 12.1 Å². The summed E-state index contributed by atoms with van der Waals surface area (Å²) in [5.41, 5.74) is 0. The van der Waals surface area contributed by atoms with Gasteiger partial charge >= 0.3 is 0 Å². The van der Waals surface area contributed by atoms with Gasteiger partial charge in [0.2, 0.25) is 0 Å². The first-order valence-corrected chi connectivity index (χ1v) is 11.0. The Morgan fingerprint density at radius 3 is 1.16 bits per heavy atom. The van der Waals surface area contributed by atoms with Gasteiger partial charge < -0.3 is 60.2 Å². The molecule has 4 aliphatic heterocycles. The minimum Gasteiger partial charge on any atom is -0.554 e. The second kappa shape index (κ2) is 13.4. The minimum atomic E-state index is -0.743. The van der Waals surface area contributed by atoms with Crippen LogP contribution in [-0.2, 0) is 9.59 Å². The van der Waals surface area contributed by atoms with Crippen molar-refractivity contribution in [1.29, 1.82) is 0 Å². The lowest BCUT2D eigenvalue weighted by Gasteiger charge is -2.36. The Bertz CT molecular complexity index is 522. The average Bonchev–Trinajstić information content (AvgIpc) is 3.21. The number of hydrogen-bond donors (Lipinski definition) is 8. The van der Waals surface area contributed by atoms with Crippen LogP contribution >= 0.6 is 0 Å². The molecule has 0 aromatic rings. The van der Waals surface area contributed by atoms with Crippen LogP contribution in [-0.4, -0.2) is 117 Å². The van der Waals surface area contributed by atoms with Crippen molar-refractivity contribution in [2.24, 2.45) is 0 Å². The van der Waals surface area contributed by atoms with Gasteiger partial charge in [0.15, 0.2) is 0 Å². The number of rotatable bonds is 0. The van der Waals surface area contributed by atoms with Gasteiger partial charge in [0.25, 0.3) is 0 Å². The van der Waals surface area contributed by atoms with E-state index < -0.39 is 49.6 Å². The number of carboxylic acid groups (broad SMARTS) is 2. The number of nitrogens with one attached hydrogen (secondary N) is 2. The number of aliphatic hydroxyl groups excluding tert-OH is 6. The molecule has 0 aromatic heterocycles. The summed E-state index contributed by atoms with van der Waals surface area (Å²) in [6, 6.07) is 0.554. The first kappa shape index (κ1) is 28.7. The smallest absolute Gasteiger partial charge is 0.143 e. The van der Waals surface area contributed by atoms with Crippen molar-refractivity contribution in [2.75, 3.05) is 13.1 Å². The first-order valence-electron chi connectivity index (χ1n) is 11.0. The Labute approximate surface area is 187 Å². The molecular weight excluding hydrogens is 428 g/mol. The van der Waals surface area contributed by atoms with Crippen molar-refractivity contribution in [3.05, 3.63) is 0 Å². The molecule has 12 nitrogen and oxygen atoms in total. The van der Waals surface area contributed by atoms with E-state index in [1.165, 1.54) is 9.80 Å². The quantitative estimate of drug-likeness (QED) is 0.158. The molecule has 0 aliphatic carbocycles. The third-order valence-electron chi connectivity index (χ3n) is 7.16. The predicted octanol–water partition coefficient (Wildman–Crippen LogP) is -8.23. The van der Waals surface area contributed by atoms with Crippen LogP contribution in [0.3, 0.4) is 0 Å². The van der Waals surface area contributed by atoms with E-state index in [1.54, 1.807) is 0 Å². The molecule has 0 saturated carbocycles. The molecule has 4 saturated heterocycles. The Balaban J connectivity index is 0.000000258. The largest absolute Gasteiger partial charge is 0.554 e. The maximum absolute atomic E-state index is 9.69. The van der Waals surface area contributed by atoms with Crippen LogP contribution in [0.4, 0.5) is 0 Å². The van der Waals surface area contributed by atoms with Crippen molar-refractivity contribution in [3.63, 3.8) is 0 Å². The molecule has 4 rings (SSSR count). The highest BCUT2D eigenvalue weighted by Crippen LogP contribution is 2.18. The average molecular weight is 467 g/mol. The molecule has 4 heterocycles. The molecule has 12 heteroatoms. The van der Waals surface area contributed by atoms with Gasteiger partial charge in [0.05, 0.1) is 12.1 Å². The normalized spacial score (nSPS) is 46.5. The Kier molecular flexibility index (Phi) is 12.0. The highest BCUT2D eigenvalue weighted by Gasteiger charge is 2.52. The van der Waals surface area contributed by atoms with Gasteiger partial charge in [-0.2, -0.15) is 0 Å². The molecule has 188 valence electrons. The van der Waals surface area contributed by atoms with Crippen molar-refractivity contribution in [2.45, 2.75) is 100 Å². The third kappa shape index (κ3) is 6.81. The SMILES string of the molecule is CC1CCC(O)[C@@H]2C(O)[C@@H](O)C[NH+]12.C[C@@H]1CC[C@H](O)[C@H]2[C@H](O)[C@H](O)C[NH+]21.O=C[O-].O=C[O-].